The standard InChI is InChI=1S/C12H15N3O2/c1-3-14-9-15(13-12(16)17-4-2)11-8-6-5-7-10(11)14/h5-9H,3-4H2,1-2H3/p+1. The Morgan fingerprint density at radius 1 is 1.41 bits per heavy atom. The Kier molecular flexibility index (Phi) is 3.27. The minimum atomic E-state index is -0.448. The molecule has 0 aliphatic carbocycles. The third-order valence-corrected chi connectivity index (χ3v) is 2.53. The summed E-state index contributed by atoms with van der Waals surface area (Å²) in [5.74, 6) is 0. The molecule has 17 heavy (non-hydrogen) atoms. The average molecular weight is 234 g/mol. The van der Waals surface area contributed by atoms with Crippen molar-refractivity contribution < 1.29 is 14.1 Å². The summed E-state index contributed by atoms with van der Waals surface area (Å²) in [4.78, 5) is 11.4. The number of imidazole rings is 1. The van der Waals surface area contributed by atoms with Crippen LogP contribution in [0.1, 0.15) is 13.8 Å². The molecule has 0 aliphatic heterocycles. The number of amides is 1. The van der Waals surface area contributed by atoms with Gasteiger partial charge < -0.3 is 4.74 Å². The summed E-state index contributed by atoms with van der Waals surface area (Å²) < 4.78 is 8.59. The van der Waals surface area contributed by atoms with E-state index in [1.807, 2.05) is 30.6 Å². The minimum absolute atomic E-state index is 0.360. The lowest BCUT2D eigenvalue weighted by Gasteiger charge is -2.00. The van der Waals surface area contributed by atoms with Crippen LogP contribution >= 0.6 is 0 Å². The highest BCUT2D eigenvalue weighted by Gasteiger charge is 2.16. The average Bonchev–Trinajstić information content (AvgIpc) is 2.68. The molecule has 1 aromatic heterocycles. The van der Waals surface area contributed by atoms with Crippen LogP contribution in [0.2, 0.25) is 0 Å². The number of ether oxygens (including phenoxy) is 1. The van der Waals surface area contributed by atoms with Crippen molar-refractivity contribution in [3.8, 4) is 0 Å². The van der Waals surface area contributed by atoms with Gasteiger partial charge in [-0.2, -0.15) is 5.43 Å². The maximum absolute atomic E-state index is 11.4. The number of aromatic nitrogens is 2. The zero-order chi connectivity index (χ0) is 12.3. The predicted octanol–water partition coefficient (Wildman–Crippen LogP) is 1.65. The monoisotopic (exact) mass is 234 g/mol. The fourth-order valence-electron chi connectivity index (χ4n) is 1.78. The summed E-state index contributed by atoms with van der Waals surface area (Å²) >= 11 is 0. The molecule has 2 aromatic rings. The van der Waals surface area contributed by atoms with E-state index in [2.05, 4.69) is 16.9 Å². The van der Waals surface area contributed by atoms with Gasteiger partial charge in [-0.25, -0.2) is 9.36 Å². The number of hydrogen-bond acceptors (Lipinski definition) is 2. The number of hydrogen-bond donors (Lipinski definition) is 1. The van der Waals surface area contributed by atoms with Gasteiger partial charge >= 0.3 is 6.09 Å². The topological polar surface area (TPSA) is 47.1 Å². The van der Waals surface area contributed by atoms with Gasteiger partial charge in [0.05, 0.1) is 13.2 Å². The van der Waals surface area contributed by atoms with Crippen molar-refractivity contribution in [1.29, 1.82) is 0 Å². The zero-order valence-electron chi connectivity index (χ0n) is 10.0. The van der Waals surface area contributed by atoms with Crippen molar-refractivity contribution in [3.63, 3.8) is 0 Å². The van der Waals surface area contributed by atoms with Crippen LogP contribution in [0, 0.1) is 0 Å². The number of nitrogens with zero attached hydrogens (tertiary/aromatic N) is 2. The maximum atomic E-state index is 11.4. The molecule has 0 bridgehead atoms. The van der Waals surface area contributed by atoms with E-state index < -0.39 is 6.09 Å². The first-order chi connectivity index (χ1) is 8.26. The van der Waals surface area contributed by atoms with E-state index in [1.165, 1.54) is 0 Å². The number of rotatable bonds is 3. The van der Waals surface area contributed by atoms with Crippen LogP contribution in [0.15, 0.2) is 30.6 Å². The molecule has 0 saturated carbocycles. The quantitative estimate of drug-likeness (QED) is 0.821. The lowest BCUT2D eigenvalue weighted by atomic mass is 10.3. The molecule has 0 saturated heterocycles. The molecule has 2 rings (SSSR count). The summed E-state index contributed by atoms with van der Waals surface area (Å²) in [5.41, 5.74) is 4.70. The molecule has 1 amide bonds. The summed E-state index contributed by atoms with van der Waals surface area (Å²) in [6.07, 6.45) is 1.40. The summed E-state index contributed by atoms with van der Waals surface area (Å²) in [6, 6.07) is 7.88. The third-order valence-electron chi connectivity index (χ3n) is 2.53. The molecule has 0 atom stereocenters. The minimum Gasteiger partial charge on any atom is -0.448 e. The highest BCUT2D eigenvalue weighted by Crippen LogP contribution is 2.08. The molecular weight excluding hydrogens is 218 g/mol. The van der Waals surface area contributed by atoms with E-state index in [-0.39, 0.29) is 0 Å². The van der Waals surface area contributed by atoms with Crippen molar-refractivity contribution in [1.82, 2.24) is 4.68 Å². The second-order valence-corrected chi connectivity index (χ2v) is 3.59. The zero-order valence-corrected chi connectivity index (χ0v) is 10.0. The van der Waals surface area contributed by atoms with Crippen molar-refractivity contribution in [2.45, 2.75) is 20.4 Å². The Morgan fingerprint density at radius 3 is 2.88 bits per heavy atom. The third kappa shape index (κ3) is 2.22. The van der Waals surface area contributed by atoms with E-state index in [4.69, 9.17) is 4.74 Å². The van der Waals surface area contributed by atoms with Gasteiger partial charge in [-0.05, 0) is 26.0 Å². The number of carbonyl (C=O) groups is 1. The largest absolute Gasteiger partial charge is 0.448 e. The second kappa shape index (κ2) is 4.86. The van der Waals surface area contributed by atoms with Gasteiger partial charge in [0, 0.05) is 0 Å². The van der Waals surface area contributed by atoms with Gasteiger partial charge in [-0.15, -0.1) is 4.68 Å². The second-order valence-electron chi connectivity index (χ2n) is 3.59. The number of fused-ring (bicyclic) bond motifs is 1. The fourth-order valence-corrected chi connectivity index (χ4v) is 1.78. The molecule has 5 nitrogen and oxygen atoms in total. The molecule has 5 heteroatoms. The molecule has 0 spiro atoms. The molecular formula is C12H16N3O2+. The van der Waals surface area contributed by atoms with E-state index in [9.17, 15) is 4.79 Å². The number of benzene rings is 1. The highest BCUT2D eigenvalue weighted by atomic mass is 16.5. The lowest BCUT2D eigenvalue weighted by Crippen LogP contribution is -2.32. The van der Waals surface area contributed by atoms with E-state index in [1.54, 1.807) is 11.6 Å². The predicted molar refractivity (Wildman–Crippen MR) is 64.2 cm³/mol. The normalized spacial score (nSPS) is 10.5. The van der Waals surface area contributed by atoms with Crippen LogP contribution < -0.4 is 9.99 Å². The summed E-state index contributed by atoms with van der Waals surface area (Å²) in [6.45, 7) is 5.04. The van der Waals surface area contributed by atoms with Crippen molar-refractivity contribution in [2.24, 2.45) is 0 Å². The van der Waals surface area contributed by atoms with Crippen LogP contribution in [0.25, 0.3) is 11.0 Å². The van der Waals surface area contributed by atoms with Crippen LogP contribution in [0.4, 0.5) is 4.79 Å². The number of carbonyl (C=O) groups excluding carboxylic acids is 1. The van der Waals surface area contributed by atoms with E-state index in [0.717, 1.165) is 17.6 Å². The Balaban J connectivity index is 2.37. The lowest BCUT2D eigenvalue weighted by molar-refractivity contribution is -0.668. The number of nitrogens with one attached hydrogen (secondary N) is 1. The van der Waals surface area contributed by atoms with E-state index in [0.29, 0.717) is 6.61 Å². The maximum Gasteiger partial charge on any atom is 0.443 e. The molecule has 0 radical (unpaired) electrons. The van der Waals surface area contributed by atoms with Gasteiger partial charge in [0.15, 0.2) is 11.0 Å². The Bertz CT molecular complexity index is 534. The van der Waals surface area contributed by atoms with Gasteiger partial charge in [-0.3, -0.25) is 0 Å². The smallest absolute Gasteiger partial charge is 0.443 e. The van der Waals surface area contributed by atoms with Gasteiger partial charge in [0.25, 0.3) is 6.33 Å². The Morgan fingerprint density at radius 2 is 2.18 bits per heavy atom. The molecule has 1 aromatic carbocycles. The number of para-hydroxylation sites is 2. The fraction of sp³-hybridized carbons (Fsp3) is 0.333. The van der Waals surface area contributed by atoms with Gasteiger partial charge in [-0.1, -0.05) is 12.1 Å². The van der Waals surface area contributed by atoms with Crippen LogP contribution in [0.3, 0.4) is 0 Å². The van der Waals surface area contributed by atoms with Crippen LogP contribution in [-0.2, 0) is 11.3 Å². The SMILES string of the molecule is CCOC(=O)Nn1c[n+](CC)c2ccccc21. The summed E-state index contributed by atoms with van der Waals surface area (Å²) in [7, 11) is 0. The number of aryl methyl sites for hydroxylation is 1. The first kappa shape index (κ1) is 11.4. The molecule has 1 N–H and O–H groups in total. The van der Waals surface area contributed by atoms with Gasteiger partial charge in [0.2, 0.25) is 0 Å². The van der Waals surface area contributed by atoms with Crippen molar-refractivity contribution >= 4 is 17.1 Å². The Labute approximate surface area is 99.6 Å². The first-order valence-electron chi connectivity index (χ1n) is 5.69. The molecule has 1 heterocycles. The van der Waals surface area contributed by atoms with E-state index >= 15 is 0 Å². The first-order valence-corrected chi connectivity index (χ1v) is 5.69. The molecule has 0 aliphatic rings. The van der Waals surface area contributed by atoms with Crippen molar-refractivity contribution in [3.05, 3.63) is 30.6 Å². The molecule has 0 fully saturated rings. The van der Waals surface area contributed by atoms with Crippen LogP contribution in [0.5, 0.6) is 0 Å². The Hall–Kier alpha value is -2.04. The van der Waals surface area contributed by atoms with Crippen LogP contribution in [-0.4, -0.2) is 17.4 Å². The van der Waals surface area contributed by atoms with Gasteiger partial charge in [0.1, 0.15) is 0 Å². The molecule has 0 unspecified atom stereocenters. The summed E-state index contributed by atoms with van der Waals surface area (Å²) in [5, 5.41) is 0. The molecule has 90 valence electrons. The van der Waals surface area contributed by atoms with Crippen molar-refractivity contribution in [2.75, 3.05) is 12.0 Å². The highest BCUT2D eigenvalue weighted by molar-refractivity contribution is 5.79.